The Morgan fingerprint density at radius 3 is 2.55 bits per heavy atom. The Morgan fingerprint density at radius 1 is 1.06 bits per heavy atom. The van der Waals surface area contributed by atoms with Gasteiger partial charge in [-0.3, -0.25) is 0 Å². The fourth-order valence-corrected chi connectivity index (χ4v) is 3.27. The number of hydrogen-bond acceptors (Lipinski definition) is 5. The molecule has 2 N–H and O–H groups in total. The highest BCUT2D eigenvalue weighted by Crippen LogP contribution is 2.24. The molecule has 156 valence electrons. The minimum absolute atomic E-state index is 0.265. The van der Waals surface area contributed by atoms with Crippen LogP contribution in [0.2, 0.25) is 5.02 Å². The fourth-order valence-electron chi connectivity index (χ4n) is 3.08. The van der Waals surface area contributed by atoms with Crippen LogP contribution in [0.15, 0.2) is 67.0 Å². The van der Waals surface area contributed by atoms with E-state index in [0.29, 0.717) is 33.3 Å². The van der Waals surface area contributed by atoms with E-state index in [9.17, 15) is 9.59 Å². The maximum atomic E-state index is 12.3. The molecule has 0 bridgehead atoms. The van der Waals surface area contributed by atoms with E-state index in [2.05, 4.69) is 20.7 Å². The summed E-state index contributed by atoms with van der Waals surface area (Å²) < 4.78 is 6.63. The van der Waals surface area contributed by atoms with Crippen molar-refractivity contribution in [3.63, 3.8) is 0 Å². The van der Waals surface area contributed by atoms with Crippen LogP contribution in [0.3, 0.4) is 0 Å². The van der Waals surface area contributed by atoms with E-state index in [-0.39, 0.29) is 6.61 Å². The molecule has 9 heteroatoms. The first-order valence-corrected chi connectivity index (χ1v) is 9.87. The lowest BCUT2D eigenvalue weighted by Gasteiger charge is -2.10. The number of urea groups is 1. The van der Waals surface area contributed by atoms with E-state index < -0.39 is 12.0 Å². The van der Waals surface area contributed by atoms with Gasteiger partial charge in [-0.15, -0.1) is 0 Å². The largest absolute Gasteiger partial charge is 0.462 e. The molecule has 0 saturated carbocycles. The number of fused-ring (bicyclic) bond motifs is 1. The van der Waals surface area contributed by atoms with Crippen LogP contribution < -0.4 is 10.6 Å². The number of ether oxygens (including phenoxy) is 1. The summed E-state index contributed by atoms with van der Waals surface area (Å²) in [7, 11) is 0. The first-order valence-electron chi connectivity index (χ1n) is 9.49. The van der Waals surface area contributed by atoms with Crippen LogP contribution in [0.4, 0.5) is 16.2 Å². The number of nitrogens with zero attached hydrogens (tertiary/aromatic N) is 3. The summed E-state index contributed by atoms with van der Waals surface area (Å²) in [6.07, 6.45) is 3.03. The smallest absolute Gasteiger partial charge is 0.343 e. The molecule has 2 heterocycles. The van der Waals surface area contributed by atoms with Crippen LogP contribution in [0, 0.1) is 0 Å². The average molecular weight is 436 g/mol. The Balaban J connectivity index is 1.59. The zero-order valence-electron chi connectivity index (χ0n) is 16.5. The van der Waals surface area contributed by atoms with Gasteiger partial charge in [-0.2, -0.15) is 5.10 Å². The third kappa shape index (κ3) is 4.49. The van der Waals surface area contributed by atoms with Gasteiger partial charge in [-0.05, 0) is 43.3 Å². The van der Waals surface area contributed by atoms with E-state index >= 15 is 0 Å². The number of carbonyl (C=O) groups excluding carboxylic acids is 2. The molecule has 0 aliphatic carbocycles. The third-order valence-corrected chi connectivity index (χ3v) is 4.63. The molecule has 0 saturated heterocycles. The quantitative estimate of drug-likeness (QED) is 0.436. The number of benzene rings is 2. The molecule has 2 amide bonds. The van der Waals surface area contributed by atoms with Gasteiger partial charge in [0, 0.05) is 28.2 Å². The molecule has 0 radical (unpaired) electrons. The number of hydrogen-bond donors (Lipinski definition) is 2. The number of esters is 1. The van der Waals surface area contributed by atoms with Crippen molar-refractivity contribution in [1.29, 1.82) is 0 Å². The van der Waals surface area contributed by atoms with Gasteiger partial charge < -0.3 is 15.4 Å². The second kappa shape index (κ2) is 8.85. The molecule has 4 rings (SSSR count). The number of halogens is 1. The molecule has 2 aromatic carbocycles. The molecule has 0 aliphatic rings. The van der Waals surface area contributed by atoms with Crippen molar-refractivity contribution >= 4 is 40.6 Å². The highest BCUT2D eigenvalue weighted by Gasteiger charge is 2.17. The molecule has 31 heavy (non-hydrogen) atoms. The number of amides is 2. The van der Waals surface area contributed by atoms with Gasteiger partial charge >= 0.3 is 12.0 Å². The lowest BCUT2D eigenvalue weighted by molar-refractivity contribution is 0.0528. The predicted octanol–water partition coefficient (Wildman–Crippen LogP) is 4.87. The predicted molar refractivity (Wildman–Crippen MR) is 118 cm³/mol. The minimum atomic E-state index is -0.477. The lowest BCUT2D eigenvalue weighted by Crippen LogP contribution is -2.19. The maximum absolute atomic E-state index is 12.3. The molecule has 2 aromatic heterocycles. The summed E-state index contributed by atoms with van der Waals surface area (Å²) >= 11 is 5.95. The number of nitrogens with one attached hydrogen (secondary N) is 2. The zero-order valence-corrected chi connectivity index (χ0v) is 17.3. The summed E-state index contributed by atoms with van der Waals surface area (Å²) in [5.41, 5.74) is 3.34. The number of carbonyl (C=O) groups is 2. The zero-order chi connectivity index (χ0) is 21.8. The molecule has 0 aliphatic heterocycles. The van der Waals surface area contributed by atoms with Gasteiger partial charge in [0.1, 0.15) is 5.56 Å². The van der Waals surface area contributed by atoms with Gasteiger partial charge in [0.15, 0.2) is 5.65 Å². The monoisotopic (exact) mass is 435 g/mol. The molecule has 0 atom stereocenters. The van der Waals surface area contributed by atoms with Gasteiger partial charge in [-0.25, -0.2) is 19.1 Å². The minimum Gasteiger partial charge on any atom is -0.462 e. The van der Waals surface area contributed by atoms with Gasteiger partial charge in [0.25, 0.3) is 0 Å². The Kier molecular flexibility index (Phi) is 5.81. The van der Waals surface area contributed by atoms with Crippen molar-refractivity contribution in [3.05, 3.63) is 77.6 Å². The van der Waals surface area contributed by atoms with Crippen molar-refractivity contribution < 1.29 is 14.3 Å². The van der Waals surface area contributed by atoms with Crippen LogP contribution in [-0.4, -0.2) is 33.2 Å². The molecule has 4 aromatic rings. The standard InChI is InChI=1S/C22H18ClN5O3/c1-2-31-21(29)18-13-25-28-19(9-10-24-20(18)28)14-5-3-7-16(11-14)26-22(30)27-17-8-4-6-15(23)12-17/h3-13H,2H2,1H3,(H2,26,27,30). The summed E-state index contributed by atoms with van der Waals surface area (Å²) in [6.45, 7) is 2.00. The van der Waals surface area contributed by atoms with Gasteiger partial charge in [0.2, 0.25) is 0 Å². The summed E-state index contributed by atoms with van der Waals surface area (Å²) in [4.78, 5) is 28.7. The summed E-state index contributed by atoms with van der Waals surface area (Å²) in [6, 6.07) is 15.5. The number of rotatable bonds is 5. The molecule has 8 nitrogen and oxygen atoms in total. The van der Waals surface area contributed by atoms with Gasteiger partial charge in [-0.1, -0.05) is 29.8 Å². The van der Waals surface area contributed by atoms with E-state index in [1.54, 1.807) is 60.1 Å². The van der Waals surface area contributed by atoms with Crippen LogP contribution >= 0.6 is 11.6 Å². The highest BCUT2D eigenvalue weighted by atomic mass is 35.5. The van der Waals surface area contributed by atoms with Crippen LogP contribution in [-0.2, 0) is 4.74 Å². The highest BCUT2D eigenvalue weighted by molar-refractivity contribution is 6.30. The third-order valence-electron chi connectivity index (χ3n) is 4.40. The van der Waals surface area contributed by atoms with Gasteiger partial charge in [0.05, 0.1) is 18.5 Å². The SMILES string of the molecule is CCOC(=O)c1cnn2c(-c3cccc(NC(=O)Nc4cccc(Cl)c4)c3)ccnc12. The van der Waals surface area contributed by atoms with E-state index in [0.717, 1.165) is 5.56 Å². The number of aromatic nitrogens is 3. The van der Waals surface area contributed by atoms with Crippen LogP contribution in [0.25, 0.3) is 16.9 Å². The van der Waals surface area contributed by atoms with Crippen LogP contribution in [0.1, 0.15) is 17.3 Å². The fraction of sp³-hybridized carbons (Fsp3) is 0.0909. The second-order valence-electron chi connectivity index (χ2n) is 6.51. The normalized spacial score (nSPS) is 10.6. The Bertz CT molecular complexity index is 1270. The summed E-state index contributed by atoms with van der Waals surface area (Å²) in [5.74, 6) is -0.477. The summed E-state index contributed by atoms with van der Waals surface area (Å²) in [5, 5.41) is 10.4. The molecule has 0 spiro atoms. The Hall–Kier alpha value is -3.91. The van der Waals surface area contributed by atoms with Crippen molar-refractivity contribution in [1.82, 2.24) is 14.6 Å². The molecule has 0 fully saturated rings. The molecule has 0 unspecified atom stereocenters. The first-order chi connectivity index (χ1) is 15.0. The van der Waals surface area contributed by atoms with E-state index in [4.69, 9.17) is 16.3 Å². The van der Waals surface area contributed by atoms with E-state index in [1.807, 2.05) is 12.1 Å². The Labute approximate surface area is 182 Å². The molecular formula is C22H18ClN5O3. The van der Waals surface area contributed by atoms with Crippen molar-refractivity contribution in [2.45, 2.75) is 6.92 Å². The maximum Gasteiger partial charge on any atom is 0.343 e. The van der Waals surface area contributed by atoms with Crippen molar-refractivity contribution in [3.8, 4) is 11.3 Å². The topological polar surface area (TPSA) is 97.6 Å². The second-order valence-corrected chi connectivity index (χ2v) is 6.95. The van der Waals surface area contributed by atoms with Crippen molar-refractivity contribution in [2.75, 3.05) is 17.2 Å². The average Bonchev–Trinajstić information content (AvgIpc) is 3.18. The molecular weight excluding hydrogens is 418 g/mol. The Morgan fingerprint density at radius 2 is 1.81 bits per heavy atom. The van der Waals surface area contributed by atoms with Crippen LogP contribution in [0.5, 0.6) is 0 Å². The lowest BCUT2D eigenvalue weighted by atomic mass is 10.1. The van der Waals surface area contributed by atoms with E-state index in [1.165, 1.54) is 6.20 Å². The van der Waals surface area contributed by atoms with Crippen molar-refractivity contribution in [2.24, 2.45) is 0 Å². The first kappa shape index (κ1) is 20.4. The number of anilines is 2.